The van der Waals surface area contributed by atoms with E-state index < -0.39 is 11.8 Å². The van der Waals surface area contributed by atoms with Crippen molar-refractivity contribution in [2.45, 2.75) is 26.2 Å². The summed E-state index contributed by atoms with van der Waals surface area (Å²) >= 11 is 15.2. The maximum Gasteiger partial charge on any atom is 0.276 e. The maximum atomic E-state index is 11.9. The Kier molecular flexibility index (Phi) is 9.07. The number of benzene rings is 2. The third-order valence-corrected chi connectivity index (χ3v) is 5.24. The molecule has 0 spiro atoms. The van der Waals surface area contributed by atoms with Crippen LogP contribution in [0.25, 0.3) is 0 Å². The van der Waals surface area contributed by atoms with Crippen LogP contribution in [0, 0.1) is 0 Å². The zero-order chi connectivity index (χ0) is 21.4. The van der Waals surface area contributed by atoms with Gasteiger partial charge in [0.05, 0.1) is 9.50 Å². The van der Waals surface area contributed by atoms with Crippen molar-refractivity contribution in [2.24, 2.45) is 0 Å². The lowest BCUT2D eigenvalue weighted by Gasteiger charge is -2.13. The van der Waals surface area contributed by atoms with E-state index in [9.17, 15) is 9.59 Å². The normalized spacial score (nSPS) is 11.5. The lowest BCUT2D eigenvalue weighted by atomic mass is 9.99. The van der Waals surface area contributed by atoms with Crippen molar-refractivity contribution in [3.05, 3.63) is 56.5 Å². The number of halogens is 3. The fraction of sp³-hybridized carbons (Fsp3) is 0.300. The lowest BCUT2D eigenvalue weighted by molar-refractivity contribution is -0.131. The molecule has 1 unspecified atom stereocenters. The Hall–Kier alpha value is -1.96. The lowest BCUT2D eigenvalue weighted by Crippen LogP contribution is -2.45. The SMILES string of the molecule is CCC(C)c1ccc(OCC(=O)NNC(=O)COc2ccc(Cl)cc2Cl)c(Br)c1. The van der Waals surface area contributed by atoms with E-state index in [0.29, 0.717) is 22.4 Å². The van der Waals surface area contributed by atoms with Crippen LogP contribution in [0.1, 0.15) is 31.7 Å². The van der Waals surface area contributed by atoms with Crippen LogP contribution in [-0.4, -0.2) is 25.0 Å². The van der Waals surface area contributed by atoms with E-state index in [1.165, 1.54) is 11.6 Å². The van der Waals surface area contributed by atoms with Gasteiger partial charge in [-0.3, -0.25) is 20.4 Å². The van der Waals surface area contributed by atoms with E-state index >= 15 is 0 Å². The van der Waals surface area contributed by atoms with Crippen molar-refractivity contribution in [1.29, 1.82) is 0 Å². The Balaban J connectivity index is 1.74. The number of ether oxygens (including phenoxy) is 2. The molecule has 2 rings (SSSR count). The van der Waals surface area contributed by atoms with Crippen LogP contribution in [0.4, 0.5) is 0 Å². The van der Waals surface area contributed by atoms with Gasteiger partial charge in [0.25, 0.3) is 11.8 Å². The molecule has 0 aliphatic heterocycles. The highest BCUT2D eigenvalue weighted by Gasteiger charge is 2.11. The van der Waals surface area contributed by atoms with E-state index in [1.54, 1.807) is 18.2 Å². The van der Waals surface area contributed by atoms with E-state index in [4.69, 9.17) is 32.7 Å². The summed E-state index contributed by atoms with van der Waals surface area (Å²) in [5, 5.41) is 0.743. The Labute approximate surface area is 188 Å². The molecule has 2 amide bonds. The van der Waals surface area contributed by atoms with Gasteiger partial charge in [-0.2, -0.15) is 0 Å². The number of carbonyl (C=O) groups is 2. The second-order valence-electron chi connectivity index (χ2n) is 6.25. The topological polar surface area (TPSA) is 76.7 Å². The fourth-order valence-corrected chi connectivity index (χ4v) is 3.24. The van der Waals surface area contributed by atoms with Crippen molar-refractivity contribution in [3.8, 4) is 11.5 Å². The first kappa shape index (κ1) is 23.3. The Morgan fingerprint density at radius 2 is 1.59 bits per heavy atom. The molecule has 9 heteroatoms. The van der Waals surface area contributed by atoms with Gasteiger partial charge in [0.2, 0.25) is 0 Å². The van der Waals surface area contributed by atoms with Crippen molar-refractivity contribution >= 4 is 50.9 Å². The van der Waals surface area contributed by atoms with Crippen molar-refractivity contribution in [1.82, 2.24) is 10.9 Å². The van der Waals surface area contributed by atoms with Gasteiger partial charge in [0.15, 0.2) is 13.2 Å². The molecule has 2 N–H and O–H groups in total. The summed E-state index contributed by atoms with van der Waals surface area (Å²) in [6.07, 6.45) is 1.03. The molecule has 0 heterocycles. The molecule has 2 aromatic rings. The molecule has 0 bridgehead atoms. The van der Waals surface area contributed by atoms with Crippen LogP contribution >= 0.6 is 39.1 Å². The summed E-state index contributed by atoms with van der Waals surface area (Å²) < 4.78 is 11.5. The van der Waals surface area contributed by atoms with Gasteiger partial charge in [-0.1, -0.05) is 43.1 Å². The molecule has 0 aliphatic rings. The van der Waals surface area contributed by atoms with Crippen molar-refractivity contribution in [3.63, 3.8) is 0 Å². The van der Waals surface area contributed by atoms with Crippen LogP contribution < -0.4 is 20.3 Å². The van der Waals surface area contributed by atoms with Gasteiger partial charge >= 0.3 is 0 Å². The highest BCUT2D eigenvalue weighted by molar-refractivity contribution is 9.10. The first-order valence-electron chi connectivity index (χ1n) is 8.88. The summed E-state index contributed by atoms with van der Waals surface area (Å²) in [6.45, 7) is 3.68. The minimum absolute atomic E-state index is 0.259. The molecule has 0 aliphatic carbocycles. The Bertz CT molecular complexity index is 880. The van der Waals surface area contributed by atoms with Crippen molar-refractivity contribution in [2.75, 3.05) is 13.2 Å². The van der Waals surface area contributed by atoms with Crippen LogP contribution in [0.3, 0.4) is 0 Å². The van der Waals surface area contributed by atoms with Crippen LogP contribution in [0.15, 0.2) is 40.9 Å². The largest absolute Gasteiger partial charge is 0.483 e. The second kappa shape index (κ2) is 11.3. The first-order valence-corrected chi connectivity index (χ1v) is 10.4. The average Bonchev–Trinajstić information content (AvgIpc) is 2.70. The zero-order valence-electron chi connectivity index (χ0n) is 15.9. The minimum Gasteiger partial charge on any atom is -0.483 e. The molecule has 0 saturated carbocycles. The predicted octanol–water partition coefficient (Wildman–Crippen LogP) is 4.87. The van der Waals surface area contributed by atoms with E-state index in [1.807, 2.05) is 12.1 Å². The summed E-state index contributed by atoms with van der Waals surface area (Å²) in [5.41, 5.74) is 5.68. The number of hydrogen-bond donors (Lipinski definition) is 2. The predicted molar refractivity (Wildman–Crippen MR) is 117 cm³/mol. The number of rotatable bonds is 8. The minimum atomic E-state index is -0.552. The fourth-order valence-electron chi connectivity index (χ4n) is 2.27. The van der Waals surface area contributed by atoms with Gasteiger partial charge in [0, 0.05) is 5.02 Å². The zero-order valence-corrected chi connectivity index (χ0v) is 19.0. The molecule has 29 heavy (non-hydrogen) atoms. The molecular weight excluding hydrogens is 483 g/mol. The van der Waals surface area contributed by atoms with Gasteiger partial charge in [-0.25, -0.2) is 0 Å². The van der Waals surface area contributed by atoms with E-state index in [0.717, 1.165) is 10.9 Å². The number of hydrogen-bond acceptors (Lipinski definition) is 4. The van der Waals surface area contributed by atoms with E-state index in [2.05, 4.69) is 40.6 Å². The Morgan fingerprint density at radius 3 is 2.14 bits per heavy atom. The molecule has 0 aromatic heterocycles. The van der Waals surface area contributed by atoms with Gasteiger partial charge in [-0.15, -0.1) is 0 Å². The van der Waals surface area contributed by atoms with Gasteiger partial charge < -0.3 is 9.47 Å². The van der Waals surface area contributed by atoms with E-state index in [-0.39, 0.29) is 18.2 Å². The number of carbonyl (C=O) groups excluding carboxylic acids is 2. The summed E-state index contributed by atoms with van der Waals surface area (Å²) in [4.78, 5) is 23.7. The highest BCUT2D eigenvalue weighted by Crippen LogP contribution is 2.30. The number of nitrogens with one attached hydrogen (secondary N) is 2. The monoisotopic (exact) mass is 502 g/mol. The molecule has 0 saturated heterocycles. The third kappa shape index (κ3) is 7.42. The quantitative estimate of drug-likeness (QED) is 0.503. The molecule has 1 atom stereocenters. The molecule has 6 nitrogen and oxygen atoms in total. The van der Waals surface area contributed by atoms with Crippen LogP contribution in [-0.2, 0) is 9.59 Å². The molecular formula is C20H21BrCl2N2O4. The summed E-state index contributed by atoms with van der Waals surface area (Å²) in [5.74, 6) is 0.221. The molecule has 0 radical (unpaired) electrons. The summed E-state index contributed by atoms with van der Waals surface area (Å²) in [6, 6.07) is 10.4. The Morgan fingerprint density at radius 1 is 1.00 bits per heavy atom. The van der Waals surface area contributed by atoms with Crippen LogP contribution in [0.5, 0.6) is 11.5 Å². The van der Waals surface area contributed by atoms with Crippen LogP contribution in [0.2, 0.25) is 10.0 Å². The third-order valence-electron chi connectivity index (χ3n) is 4.09. The molecule has 0 fully saturated rings. The summed E-state index contributed by atoms with van der Waals surface area (Å²) in [7, 11) is 0. The second-order valence-corrected chi connectivity index (χ2v) is 7.95. The number of amides is 2. The average molecular weight is 504 g/mol. The smallest absolute Gasteiger partial charge is 0.276 e. The van der Waals surface area contributed by atoms with Crippen molar-refractivity contribution < 1.29 is 19.1 Å². The number of hydrazine groups is 1. The standard InChI is InChI=1S/C20H21BrCl2N2O4/c1-3-12(2)13-4-6-17(15(21)8-13)28-10-19(26)24-25-20(27)11-29-18-7-5-14(22)9-16(18)23/h4-9,12H,3,10-11H2,1-2H3,(H,24,26)(H,25,27). The van der Waals surface area contributed by atoms with Gasteiger partial charge in [-0.05, 0) is 64.2 Å². The molecule has 156 valence electrons. The highest BCUT2D eigenvalue weighted by atomic mass is 79.9. The van der Waals surface area contributed by atoms with Gasteiger partial charge in [0.1, 0.15) is 11.5 Å². The molecule has 2 aromatic carbocycles. The maximum absolute atomic E-state index is 11.9. The first-order chi connectivity index (χ1) is 13.8.